The zero-order chi connectivity index (χ0) is 14.2. The van der Waals surface area contributed by atoms with Crippen LogP contribution in [0.5, 0.6) is 0 Å². The van der Waals surface area contributed by atoms with Gasteiger partial charge in [-0.1, -0.05) is 13.8 Å². The Morgan fingerprint density at radius 3 is 2.33 bits per heavy atom. The van der Waals surface area contributed by atoms with Crippen LogP contribution in [0.15, 0.2) is 0 Å². The number of urea groups is 1. The van der Waals surface area contributed by atoms with Gasteiger partial charge in [0.25, 0.3) is 0 Å². The zero-order valence-corrected chi connectivity index (χ0v) is 11.9. The summed E-state index contributed by atoms with van der Waals surface area (Å²) in [6, 6.07) is -0.427. The summed E-state index contributed by atoms with van der Waals surface area (Å²) in [4.78, 5) is 22.4. The molecule has 0 aromatic rings. The summed E-state index contributed by atoms with van der Waals surface area (Å²) in [5.74, 6) is 0.0433. The predicted molar refractivity (Wildman–Crippen MR) is 71.0 cm³/mol. The van der Waals surface area contributed by atoms with Gasteiger partial charge in [-0.3, -0.25) is 9.00 Å². The molecular formula is C11H22N2O4S. The largest absolute Gasteiger partial charge is 0.481 e. The molecule has 6 nitrogen and oxygen atoms in total. The van der Waals surface area contributed by atoms with Crippen LogP contribution >= 0.6 is 0 Å². The van der Waals surface area contributed by atoms with Gasteiger partial charge in [0.1, 0.15) is 0 Å². The van der Waals surface area contributed by atoms with Gasteiger partial charge in [-0.05, 0) is 13.3 Å². The monoisotopic (exact) mass is 278 g/mol. The molecule has 0 aliphatic rings. The third-order valence-corrected chi connectivity index (χ3v) is 4.18. The average Bonchev–Trinajstić information content (AvgIpc) is 2.35. The minimum absolute atomic E-state index is 0.0710. The Morgan fingerprint density at radius 2 is 1.89 bits per heavy atom. The highest BCUT2D eigenvalue weighted by molar-refractivity contribution is 7.84. The van der Waals surface area contributed by atoms with Crippen molar-refractivity contribution < 1.29 is 18.9 Å². The van der Waals surface area contributed by atoms with Crippen LogP contribution in [-0.4, -0.2) is 45.9 Å². The third-order valence-electron chi connectivity index (χ3n) is 2.87. The lowest BCUT2D eigenvalue weighted by Crippen LogP contribution is -2.45. The second-order valence-electron chi connectivity index (χ2n) is 4.26. The Bertz CT molecular complexity index is 322. The van der Waals surface area contributed by atoms with E-state index in [-0.39, 0.29) is 6.54 Å². The van der Waals surface area contributed by atoms with Gasteiger partial charge < -0.3 is 15.7 Å². The van der Waals surface area contributed by atoms with E-state index in [0.717, 1.165) is 0 Å². The van der Waals surface area contributed by atoms with Gasteiger partial charge in [-0.2, -0.15) is 0 Å². The maximum atomic E-state index is 11.4. The minimum Gasteiger partial charge on any atom is -0.481 e. The normalized spacial score (nSPS) is 15.5. The molecule has 3 N–H and O–H groups in total. The molecule has 18 heavy (non-hydrogen) atoms. The molecule has 0 fully saturated rings. The summed E-state index contributed by atoms with van der Waals surface area (Å²) in [6.45, 7) is 5.55. The van der Waals surface area contributed by atoms with E-state index >= 15 is 0 Å². The second kappa shape index (κ2) is 8.07. The molecule has 0 aliphatic carbocycles. The van der Waals surface area contributed by atoms with Gasteiger partial charge in [0.05, 0.1) is 5.41 Å². The standard InChI is InChI=1S/C11H22N2O4S/c1-4-11(3,9(14)15)8-13-10(16)12-6-7-18(17)5-2/h4-8H2,1-3H3,(H,14,15)(H2,12,13,16). The molecule has 0 spiro atoms. The molecule has 0 bridgehead atoms. The van der Waals surface area contributed by atoms with E-state index in [1.807, 2.05) is 6.92 Å². The maximum absolute atomic E-state index is 11.4. The summed E-state index contributed by atoms with van der Waals surface area (Å²) in [7, 11) is -0.910. The van der Waals surface area contributed by atoms with E-state index in [1.165, 1.54) is 0 Å². The molecule has 0 aromatic heterocycles. The number of rotatable bonds is 8. The molecule has 0 rings (SSSR count). The highest BCUT2D eigenvalue weighted by Gasteiger charge is 2.31. The molecule has 2 unspecified atom stereocenters. The number of carboxylic acid groups (broad SMARTS) is 1. The van der Waals surface area contributed by atoms with E-state index in [0.29, 0.717) is 24.5 Å². The number of hydrogen-bond donors (Lipinski definition) is 3. The Morgan fingerprint density at radius 1 is 1.28 bits per heavy atom. The Kier molecular flexibility index (Phi) is 7.58. The number of hydrogen-bond acceptors (Lipinski definition) is 3. The van der Waals surface area contributed by atoms with E-state index < -0.39 is 28.2 Å². The van der Waals surface area contributed by atoms with Crippen molar-refractivity contribution in [1.29, 1.82) is 0 Å². The summed E-state index contributed by atoms with van der Waals surface area (Å²) in [6.07, 6.45) is 0.433. The number of nitrogens with one attached hydrogen (secondary N) is 2. The van der Waals surface area contributed by atoms with Gasteiger partial charge in [0.15, 0.2) is 0 Å². The van der Waals surface area contributed by atoms with Crippen LogP contribution in [0.4, 0.5) is 4.79 Å². The predicted octanol–water partition coefficient (Wildman–Crippen LogP) is 0.555. The molecule has 2 atom stereocenters. The third kappa shape index (κ3) is 6.00. The van der Waals surface area contributed by atoms with Gasteiger partial charge in [-0.25, -0.2) is 4.79 Å². The zero-order valence-electron chi connectivity index (χ0n) is 11.1. The lowest BCUT2D eigenvalue weighted by molar-refractivity contribution is -0.147. The summed E-state index contributed by atoms with van der Waals surface area (Å²) in [5, 5.41) is 14.1. The molecule has 0 saturated carbocycles. The molecule has 0 radical (unpaired) electrons. The van der Waals surface area contributed by atoms with E-state index in [9.17, 15) is 13.8 Å². The van der Waals surface area contributed by atoms with Crippen molar-refractivity contribution in [3.05, 3.63) is 0 Å². The van der Waals surface area contributed by atoms with Crippen LogP contribution in [0.25, 0.3) is 0 Å². The number of aliphatic carboxylic acids is 1. The Balaban J connectivity index is 3.96. The first-order chi connectivity index (χ1) is 8.35. The lowest BCUT2D eigenvalue weighted by Gasteiger charge is -2.23. The van der Waals surface area contributed by atoms with Crippen molar-refractivity contribution in [3.63, 3.8) is 0 Å². The number of carboxylic acids is 1. The highest BCUT2D eigenvalue weighted by atomic mass is 32.2. The van der Waals surface area contributed by atoms with Crippen molar-refractivity contribution in [2.45, 2.75) is 27.2 Å². The average molecular weight is 278 g/mol. The van der Waals surface area contributed by atoms with Gasteiger partial charge in [0.2, 0.25) is 0 Å². The number of carbonyl (C=O) groups is 2. The molecular weight excluding hydrogens is 256 g/mol. The van der Waals surface area contributed by atoms with Crippen LogP contribution in [0.1, 0.15) is 27.2 Å². The van der Waals surface area contributed by atoms with Crippen molar-refractivity contribution in [2.75, 3.05) is 24.6 Å². The number of carbonyl (C=O) groups excluding carboxylic acids is 1. The Labute approximate surface area is 110 Å². The first-order valence-corrected chi connectivity index (χ1v) is 7.44. The summed E-state index contributed by atoms with van der Waals surface area (Å²) >= 11 is 0. The van der Waals surface area contributed by atoms with Crippen LogP contribution < -0.4 is 10.6 Å². The van der Waals surface area contributed by atoms with Gasteiger partial charge in [-0.15, -0.1) is 0 Å². The molecule has 0 saturated heterocycles. The van der Waals surface area contributed by atoms with Gasteiger partial charge >= 0.3 is 12.0 Å². The van der Waals surface area contributed by atoms with Crippen LogP contribution in [-0.2, 0) is 15.6 Å². The van der Waals surface area contributed by atoms with E-state index in [4.69, 9.17) is 5.11 Å². The van der Waals surface area contributed by atoms with Gasteiger partial charge in [0, 0.05) is 35.4 Å². The SMILES string of the molecule is CCS(=O)CCNC(=O)NCC(C)(CC)C(=O)O. The second-order valence-corrected chi connectivity index (χ2v) is 6.13. The van der Waals surface area contributed by atoms with Crippen molar-refractivity contribution >= 4 is 22.8 Å². The van der Waals surface area contributed by atoms with Crippen molar-refractivity contribution in [3.8, 4) is 0 Å². The number of amides is 2. The summed E-state index contributed by atoms with van der Waals surface area (Å²) in [5.41, 5.74) is -0.955. The van der Waals surface area contributed by atoms with Crippen LogP contribution in [0.3, 0.4) is 0 Å². The van der Waals surface area contributed by atoms with Crippen LogP contribution in [0, 0.1) is 5.41 Å². The fourth-order valence-corrected chi connectivity index (χ4v) is 1.73. The molecule has 0 aliphatic heterocycles. The van der Waals surface area contributed by atoms with E-state index in [1.54, 1.807) is 13.8 Å². The van der Waals surface area contributed by atoms with E-state index in [2.05, 4.69) is 10.6 Å². The molecule has 7 heteroatoms. The minimum atomic E-state index is -0.955. The molecule has 106 valence electrons. The van der Waals surface area contributed by atoms with Crippen molar-refractivity contribution in [2.24, 2.45) is 5.41 Å². The quantitative estimate of drug-likeness (QED) is 0.604. The molecule has 2 amide bonds. The first-order valence-electron chi connectivity index (χ1n) is 5.95. The smallest absolute Gasteiger partial charge is 0.314 e. The summed E-state index contributed by atoms with van der Waals surface area (Å²) < 4.78 is 11.1. The van der Waals surface area contributed by atoms with Crippen LogP contribution in [0.2, 0.25) is 0 Å². The molecule has 0 heterocycles. The fraction of sp³-hybridized carbons (Fsp3) is 0.818. The molecule has 0 aromatic carbocycles. The highest BCUT2D eigenvalue weighted by Crippen LogP contribution is 2.19. The van der Waals surface area contributed by atoms with Crippen molar-refractivity contribution in [1.82, 2.24) is 10.6 Å². The Hall–Kier alpha value is -1.11. The lowest BCUT2D eigenvalue weighted by atomic mass is 9.88. The maximum Gasteiger partial charge on any atom is 0.314 e. The fourth-order valence-electron chi connectivity index (χ4n) is 1.11. The first kappa shape index (κ1) is 16.9. The topological polar surface area (TPSA) is 95.5 Å².